The Kier molecular flexibility index (Phi) is 15.0. The van der Waals surface area contributed by atoms with Gasteiger partial charge in [0.2, 0.25) is 0 Å². The van der Waals surface area contributed by atoms with Crippen LogP contribution < -0.4 is 9.80 Å². The van der Waals surface area contributed by atoms with Gasteiger partial charge in [-0.1, -0.05) is 73.5 Å². The molecule has 0 bridgehead atoms. The third-order valence-corrected chi connectivity index (χ3v) is 12.0. The number of morpholine rings is 2. The molecule has 0 spiro atoms. The second kappa shape index (κ2) is 19.7. The number of hydrogen-bond acceptors (Lipinski definition) is 8. The summed E-state index contributed by atoms with van der Waals surface area (Å²) in [7, 11) is 8.05. The second-order valence-electron chi connectivity index (χ2n) is 15.8. The molecule has 8 heteroatoms. The Balaban J connectivity index is 0.000000214. The molecular formula is C48H64N4O4. The highest BCUT2D eigenvalue weighted by Gasteiger charge is 2.40. The maximum Gasteiger partial charge on any atom is 0.183 e. The average molecular weight is 761 g/mol. The van der Waals surface area contributed by atoms with Crippen molar-refractivity contribution in [2.24, 2.45) is 0 Å². The van der Waals surface area contributed by atoms with Gasteiger partial charge in [0.1, 0.15) is 0 Å². The van der Waals surface area contributed by atoms with Gasteiger partial charge < -0.3 is 19.3 Å². The standard InChI is InChI=1S/2C24H32N2O2/c2*1-5-24(25(3)4,18-20-8-6-19(2)7-9-20)23(27)21-10-12-22(13-11-21)26-14-16-28-17-15-26/h2*6-13H,5,14-18H2,1-4H3. The number of ether oxygens (including phenoxy) is 2. The predicted octanol–water partition coefficient (Wildman–Crippen LogP) is 7.93. The summed E-state index contributed by atoms with van der Waals surface area (Å²) in [6, 6.07) is 33.2. The molecule has 0 aliphatic carbocycles. The van der Waals surface area contributed by atoms with Gasteiger partial charge in [-0.3, -0.25) is 19.4 Å². The molecular weight excluding hydrogens is 697 g/mol. The quantitative estimate of drug-likeness (QED) is 0.120. The third kappa shape index (κ3) is 10.1. The maximum absolute atomic E-state index is 13.6. The number of nitrogens with zero attached hydrogens (tertiary/aromatic N) is 4. The number of hydrogen-bond donors (Lipinski definition) is 0. The highest BCUT2D eigenvalue weighted by molar-refractivity contribution is 6.04. The number of likely N-dealkylation sites (N-methyl/N-ethyl adjacent to an activating group) is 2. The molecule has 8 nitrogen and oxygen atoms in total. The molecule has 4 aromatic carbocycles. The van der Waals surface area contributed by atoms with Crippen LogP contribution in [0.2, 0.25) is 0 Å². The van der Waals surface area contributed by atoms with E-state index in [1.54, 1.807) is 0 Å². The molecule has 0 saturated carbocycles. The molecule has 0 aromatic heterocycles. The van der Waals surface area contributed by atoms with Crippen molar-refractivity contribution in [3.8, 4) is 0 Å². The van der Waals surface area contributed by atoms with E-state index in [0.717, 1.165) is 87.9 Å². The Labute approximate surface area is 336 Å². The van der Waals surface area contributed by atoms with E-state index in [1.807, 2.05) is 52.5 Å². The fourth-order valence-electron chi connectivity index (χ4n) is 8.00. The molecule has 0 amide bonds. The number of aryl methyl sites for hydroxylation is 2. The summed E-state index contributed by atoms with van der Waals surface area (Å²) in [6.07, 6.45) is 2.94. The number of Topliss-reactive ketones (excluding diaryl/α,β-unsaturated/α-hetero) is 2. The number of carbonyl (C=O) groups excluding carboxylic acids is 2. The van der Waals surface area contributed by atoms with Crippen LogP contribution in [0.3, 0.4) is 0 Å². The molecule has 0 radical (unpaired) electrons. The molecule has 2 aliphatic heterocycles. The van der Waals surface area contributed by atoms with Gasteiger partial charge in [0.25, 0.3) is 0 Å². The minimum absolute atomic E-state index is 0.189. The van der Waals surface area contributed by atoms with Gasteiger partial charge >= 0.3 is 0 Å². The van der Waals surface area contributed by atoms with Crippen molar-refractivity contribution in [1.29, 1.82) is 0 Å². The van der Waals surface area contributed by atoms with Crippen LogP contribution >= 0.6 is 0 Å². The molecule has 56 heavy (non-hydrogen) atoms. The van der Waals surface area contributed by atoms with Crippen molar-refractivity contribution < 1.29 is 19.1 Å². The van der Waals surface area contributed by atoms with Gasteiger partial charge in [0.05, 0.1) is 37.5 Å². The highest BCUT2D eigenvalue weighted by Crippen LogP contribution is 2.31. The first-order valence-electron chi connectivity index (χ1n) is 20.3. The molecule has 4 aromatic rings. The minimum atomic E-state index is -0.546. The summed E-state index contributed by atoms with van der Waals surface area (Å²) < 4.78 is 10.9. The lowest BCUT2D eigenvalue weighted by Gasteiger charge is -2.38. The molecule has 0 N–H and O–H groups in total. The van der Waals surface area contributed by atoms with E-state index in [9.17, 15) is 9.59 Å². The first kappa shape index (κ1) is 42.8. The summed E-state index contributed by atoms with van der Waals surface area (Å²) >= 11 is 0. The Morgan fingerprint density at radius 1 is 0.518 bits per heavy atom. The van der Waals surface area contributed by atoms with E-state index in [-0.39, 0.29) is 11.6 Å². The van der Waals surface area contributed by atoms with E-state index >= 15 is 0 Å². The fraction of sp³-hybridized carbons (Fsp3) is 0.458. The average Bonchev–Trinajstić information content (AvgIpc) is 3.23. The van der Waals surface area contributed by atoms with Gasteiger partial charge in [0.15, 0.2) is 11.6 Å². The van der Waals surface area contributed by atoms with E-state index in [4.69, 9.17) is 9.47 Å². The second-order valence-corrected chi connectivity index (χ2v) is 15.8. The first-order chi connectivity index (χ1) is 26.9. The normalized spacial score (nSPS) is 16.8. The summed E-state index contributed by atoms with van der Waals surface area (Å²) in [5, 5.41) is 0. The van der Waals surface area contributed by atoms with Crippen molar-refractivity contribution in [3.05, 3.63) is 130 Å². The Bertz CT molecular complexity index is 1690. The Morgan fingerprint density at radius 2 is 0.821 bits per heavy atom. The molecule has 2 heterocycles. The Hall–Kier alpha value is -4.34. The van der Waals surface area contributed by atoms with Crippen molar-refractivity contribution in [1.82, 2.24) is 9.80 Å². The SMILES string of the molecule is CCC(Cc1ccc(C)cc1)(C(=O)c1ccc(N2CCOCC2)cc1)N(C)C.CCC(Cc1ccc(C)cc1)(C(=O)c1ccc(N2CCOCC2)cc1)N(C)C. The van der Waals surface area contributed by atoms with Crippen LogP contribution in [0.5, 0.6) is 0 Å². The number of rotatable bonds is 14. The summed E-state index contributed by atoms with van der Waals surface area (Å²) in [5.74, 6) is 0.378. The highest BCUT2D eigenvalue weighted by atomic mass is 16.5. The molecule has 2 atom stereocenters. The van der Waals surface area contributed by atoms with Gasteiger partial charge in [-0.15, -0.1) is 0 Å². The molecule has 6 rings (SSSR count). The lowest BCUT2D eigenvalue weighted by Crippen LogP contribution is -2.52. The molecule has 2 saturated heterocycles. The molecule has 2 fully saturated rings. The topological polar surface area (TPSA) is 65.6 Å². The Morgan fingerprint density at radius 3 is 1.09 bits per heavy atom. The van der Waals surface area contributed by atoms with Crippen LogP contribution in [0.1, 0.15) is 69.7 Å². The first-order valence-corrected chi connectivity index (χ1v) is 20.3. The zero-order chi connectivity index (χ0) is 40.3. The van der Waals surface area contributed by atoms with E-state index in [0.29, 0.717) is 12.8 Å². The monoisotopic (exact) mass is 760 g/mol. The van der Waals surface area contributed by atoms with Crippen LogP contribution in [0.15, 0.2) is 97.1 Å². The van der Waals surface area contributed by atoms with Crippen molar-refractivity contribution in [2.75, 3.05) is 90.6 Å². The van der Waals surface area contributed by atoms with Crippen molar-refractivity contribution in [2.45, 2.75) is 64.5 Å². The molecule has 2 aliphatic rings. The maximum atomic E-state index is 13.6. The fourth-order valence-corrected chi connectivity index (χ4v) is 8.00. The summed E-state index contributed by atoms with van der Waals surface area (Å²) in [6.45, 7) is 15.0. The van der Waals surface area contributed by atoms with E-state index in [2.05, 4.69) is 120 Å². The van der Waals surface area contributed by atoms with Gasteiger partial charge in [0, 0.05) is 48.7 Å². The van der Waals surface area contributed by atoms with Gasteiger partial charge in [-0.05, 0) is 127 Å². The number of carbonyl (C=O) groups is 2. The van der Waals surface area contributed by atoms with Crippen molar-refractivity contribution in [3.63, 3.8) is 0 Å². The number of benzene rings is 4. The third-order valence-electron chi connectivity index (χ3n) is 12.0. The smallest absolute Gasteiger partial charge is 0.183 e. The van der Waals surface area contributed by atoms with Crippen LogP contribution in [0.25, 0.3) is 0 Å². The number of ketones is 2. The largest absolute Gasteiger partial charge is 0.378 e. The predicted molar refractivity (Wildman–Crippen MR) is 231 cm³/mol. The molecule has 2 unspecified atom stereocenters. The van der Waals surface area contributed by atoms with Gasteiger partial charge in [-0.25, -0.2) is 0 Å². The zero-order valence-corrected chi connectivity index (χ0v) is 35.1. The number of anilines is 2. The molecule has 300 valence electrons. The van der Waals surface area contributed by atoms with Crippen LogP contribution in [-0.2, 0) is 22.3 Å². The summed E-state index contributed by atoms with van der Waals surface area (Å²) in [4.78, 5) is 36.0. The zero-order valence-electron chi connectivity index (χ0n) is 35.1. The van der Waals surface area contributed by atoms with Gasteiger partial charge in [-0.2, -0.15) is 0 Å². The summed E-state index contributed by atoms with van der Waals surface area (Å²) in [5.41, 5.74) is 7.64. The minimum Gasteiger partial charge on any atom is -0.378 e. The lowest BCUT2D eigenvalue weighted by molar-refractivity contribution is 0.0661. The van der Waals surface area contributed by atoms with Crippen LogP contribution in [0, 0.1) is 13.8 Å². The van der Waals surface area contributed by atoms with Crippen LogP contribution in [0.4, 0.5) is 11.4 Å². The van der Waals surface area contributed by atoms with Crippen molar-refractivity contribution >= 4 is 22.9 Å². The van der Waals surface area contributed by atoms with E-state index < -0.39 is 11.1 Å². The lowest BCUT2D eigenvalue weighted by atomic mass is 9.80. The van der Waals surface area contributed by atoms with Crippen LogP contribution in [-0.4, -0.2) is 113 Å². The van der Waals surface area contributed by atoms with E-state index in [1.165, 1.54) is 22.3 Å².